The Bertz CT molecular complexity index is 278. The van der Waals surface area contributed by atoms with Gasteiger partial charge in [-0.15, -0.1) is 0 Å². The Balaban J connectivity index is 0.000000385. The largest absolute Gasteiger partial charge is 0.673 e. The molecule has 0 N–H and O–H groups in total. The summed E-state index contributed by atoms with van der Waals surface area (Å²) in [5, 5.41) is 0. The van der Waals surface area contributed by atoms with Crippen molar-refractivity contribution in [1.29, 1.82) is 0 Å². The summed E-state index contributed by atoms with van der Waals surface area (Å²) < 4.78 is 41.1. The molecule has 1 nitrogen and oxygen atoms in total. The van der Waals surface area contributed by atoms with Gasteiger partial charge in [0, 0.05) is 12.1 Å². The van der Waals surface area contributed by atoms with Crippen LogP contribution in [0.3, 0.4) is 0 Å². The lowest BCUT2D eigenvalue weighted by Crippen LogP contribution is -2.25. The van der Waals surface area contributed by atoms with Gasteiger partial charge in [0.15, 0.2) is 12.4 Å². The van der Waals surface area contributed by atoms with E-state index in [2.05, 4.69) is 36.0 Å². The van der Waals surface area contributed by atoms with Crippen molar-refractivity contribution in [3.8, 4) is 0 Å². The first-order chi connectivity index (χ1) is 7.33. The molecule has 0 spiro atoms. The van der Waals surface area contributed by atoms with E-state index >= 15 is 0 Å². The Morgan fingerprint density at radius 1 is 1.12 bits per heavy atom. The predicted octanol–water partition coefficient (Wildman–Crippen LogP) is 3.15. The van der Waals surface area contributed by atoms with Gasteiger partial charge in [0.25, 0.3) is 0 Å². The molecule has 16 heavy (non-hydrogen) atoms. The van der Waals surface area contributed by atoms with Gasteiger partial charge in [0.1, 0.15) is 7.05 Å². The topological polar surface area (TPSA) is 3.88 Å². The molecule has 0 saturated carbocycles. The van der Waals surface area contributed by atoms with E-state index in [9.17, 15) is 17.3 Å². The minimum absolute atomic E-state index is 1.22. The summed E-state index contributed by atoms with van der Waals surface area (Å²) in [6.45, 7) is 2.23. The molecule has 0 atom stereocenters. The van der Waals surface area contributed by atoms with Crippen LogP contribution in [0.25, 0.3) is 0 Å². The Morgan fingerprint density at radius 2 is 1.56 bits per heavy atom. The average Bonchev–Trinajstić information content (AvgIpc) is 2.14. The van der Waals surface area contributed by atoms with E-state index in [1.807, 2.05) is 7.05 Å². The minimum atomic E-state index is -6.00. The molecule has 0 aliphatic carbocycles. The van der Waals surface area contributed by atoms with E-state index < -0.39 is 7.25 Å². The van der Waals surface area contributed by atoms with Crippen LogP contribution >= 0.6 is 0 Å². The third-order valence-electron chi connectivity index (χ3n) is 1.87. The van der Waals surface area contributed by atoms with Gasteiger partial charge in [-0.25, -0.2) is 4.57 Å². The fourth-order valence-electron chi connectivity index (χ4n) is 1.08. The highest BCUT2D eigenvalue weighted by atomic mass is 19.5. The number of aryl methyl sites for hydroxylation is 2. The van der Waals surface area contributed by atoms with E-state index in [4.69, 9.17) is 0 Å². The maximum absolute atomic E-state index is 9.75. The van der Waals surface area contributed by atoms with E-state index in [1.165, 1.54) is 24.8 Å². The zero-order valence-corrected chi connectivity index (χ0v) is 9.47. The Labute approximate surface area is 93.2 Å². The lowest BCUT2D eigenvalue weighted by Gasteiger charge is -1.96. The Kier molecular flexibility index (Phi) is 6.77. The molecule has 0 fully saturated rings. The van der Waals surface area contributed by atoms with E-state index in [1.54, 1.807) is 0 Å². The van der Waals surface area contributed by atoms with Gasteiger partial charge >= 0.3 is 7.25 Å². The Morgan fingerprint density at radius 3 is 1.94 bits per heavy atom. The lowest BCUT2D eigenvalue weighted by molar-refractivity contribution is -0.671. The monoisotopic (exact) mass is 237 g/mol. The highest BCUT2D eigenvalue weighted by Crippen LogP contribution is 2.06. The molecule has 1 aromatic heterocycles. The van der Waals surface area contributed by atoms with E-state index in [-0.39, 0.29) is 0 Å². The molecule has 92 valence electrons. The second kappa shape index (κ2) is 7.25. The van der Waals surface area contributed by atoms with Gasteiger partial charge in [-0.1, -0.05) is 13.3 Å². The molecule has 0 aliphatic heterocycles. The zero-order valence-electron chi connectivity index (χ0n) is 9.47. The van der Waals surface area contributed by atoms with Crippen molar-refractivity contribution < 1.29 is 21.8 Å². The normalized spacial score (nSPS) is 10.6. The summed E-state index contributed by atoms with van der Waals surface area (Å²) in [5.41, 5.74) is 1.45. The average molecular weight is 237 g/mol. The summed E-state index contributed by atoms with van der Waals surface area (Å²) >= 11 is 0. The van der Waals surface area contributed by atoms with Crippen molar-refractivity contribution >= 4 is 7.25 Å². The maximum Gasteiger partial charge on any atom is 0.673 e. The van der Waals surface area contributed by atoms with Gasteiger partial charge in [0.05, 0.1) is 0 Å². The number of hydrogen-bond acceptors (Lipinski definition) is 0. The molecule has 1 heterocycles. The Hall–Kier alpha value is -1.07. The van der Waals surface area contributed by atoms with Crippen LogP contribution in [0.15, 0.2) is 24.5 Å². The molecule has 0 bridgehead atoms. The van der Waals surface area contributed by atoms with Gasteiger partial charge in [-0.05, 0) is 18.4 Å². The summed E-state index contributed by atoms with van der Waals surface area (Å²) in [6, 6.07) is 4.38. The quantitative estimate of drug-likeness (QED) is 0.432. The molecule has 1 aromatic rings. The number of rotatable bonds is 3. The van der Waals surface area contributed by atoms with Crippen LogP contribution in [0, 0.1) is 0 Å². The van der Waals surface area contributed by atoms with Crippen molar-refractivity contribution in [3.63, 3.8) is 0 Å². The maximum atomic E-state index is 9.75. The molecule has 0 saturated heterocycles. The minimum Gasteiger partial charge on any atom is -0.418 e. The molecular formula is C10H16BF4N. The molecule has 0 unspecified atom stereocenters. The van der Waals surface area contributed by atoms with Gasteiger partial charge < -0.3 is 17.3 Å². The first-order valence-electron chi connectivity index (χ1n) is 5.14. The highest BCUT2D eigenvalue weighted by molar-refractivity contribution is 6.50. The van der Waals surface area contributed by atoms with Crippen LogP contribution in [-0.2, 0) is 13.5 Å². The van der Waals surface area contributed by atoms with E-state index in [0.29, 0.717) is 0 Å². The van der Waals surface area contributed by atoms with Crippen LogP contribution in [0.5, 0.6) is 0 Å². The van der Waals surface area contributed by atoms with E-state index in [0.717, 1.165) is 0 Å². The number of aromatic nitrogens is 1. The summed E-state index contributed by atoms with van der Waals surface area (Å²) in [7, 11) is -3.95. The number of unbranched alkanes of at least 4 members (excludes halogenated alkanes) is 1. The third kappa shape index (κ3) is 11.0. The van der Waals surface area contributed by atoms with Crippen LogP contribution in [0.4, 0.5) is 17.3 Å². The second-order valence-corrected chi connectivity index (χ2v) is 3.47. The summed E-state index contributed by atoms with van der Waals surface area (Å²) in [5.74, 6) is 0. The molecule has 0 amide bonds. The third-order valence-corrected chi connectivity index (χ3v) is 1.87. The summed E-state index contributed by atoms with van der Waals surface area (Å²) in [4.78, 5) is 0. The first-order valence-corrected chi connectivity index (χ1v) is 5.14. The molecule has 6 heteroatoms. The number of hydrogen-bond donors (Lipinski definition) is 0. The van der Waals surface area contributed by atoms with Crippen LogP contribution < -0.4 is 4.57 Å². The first kappa shape index (κ1) is 14.9. The molecule has 0 radical (unpaired) electrons. The van der Waals surface area contributed by atoms with Gasteiger partial charge in [-0.3, -0.25) is 0 Å². The predicted molar refractivity (Wildman–Crippen MR) is 56.4 cm³/mol. The fourth-order valence-corrected chi connectivity index (χ4v) is 1.08. The highest BCUT2D eigenvalue weighted by Gasteiger charge is 2.20. The number of halogens is 4. The SMILES string of the molecule is CCCCc1cc[n+](C)cc1.F[B-](F)(F)F. The second-order valence-electron chi connectivity index (χ2n) is 3.47. The lowest BCUT2D eigenvalue weighted by atomic mass is 10.1. The van der Waals surface area contributed by atoms with Crippen LogP contribution in [0.1, 0.15) is 25.3 Å². The van der Waals surface area contributed by atoms with Crippen LogP contribution in [0.2, 0.25) is 0 Å². The molecule has 0 aromatic carbocycles. The van der Waals surface area contributed by atoms with Crippen molar-refractivity contribution in [2.24, 2.45) is 7.05 Å². The van der Waals surface area contributed by atoms with Crippen molar-refractivity contribution in [3.05, 3.63) is 30.1 Å². The number of nitrogens with zero attached hydrogens (tertiary/aromatic N) is 1. The molecule has 0 aliphatic rings. The smallest absolute Gasteiger partial charge is 0.418 e. The van der Waals surface area contributed by atoms with Gasteiger partial charge in [-0.2, -0.15) is 0 Å². The van der Waals surface area contributed by atoms with Crippen molar-refractivity contribution in [2.45, 2.75) is 26.2 Å². The van der Waals surface area contributed by atoms with Crippen molar-refractivity contribution in [1.82, 2.24) is 0 Å². The standard InChI is InChI=1S/C10H16N.BF4/c1-3-4-5-10-6-8-11(2)9-7-10;2-1(3,4)5/h6-9H,3-5H2,1-2H3;/q+1;-1. The fraction of sp³-hybridized carbons (Fsp3) is 0.500. The van der Waals surface area contributed by atoms with Crippen LogP contribution in [-0.4, -0.2) is 7.25 Å². The molecular weight excluding hydrogens is 221 g/mol. The summed E-state index contributed by atoms with van der Waals surface area (Å²) in [6.07, 6.45) is 8.00. The number of pyridine rings is 1. The molecule has 1 rings (SSSR count). The van der Waals surface area contributed by atoms with Gasteiger partial charge in [0.2, 0.25) is 0 Å². The zero-order chi connectivity index (χ0) is 12.6. The van der Waals surface area contributed by atoms with Crippen molar-refractivity contribution in [2.75, 3.05) is 0 Å².